The van der Waals surface area contributed by atoms with Gasteiger partial charge in [-0.1, -0.05) is 23.7 Å². The van der Waals surface area contributed by atoms with Gasteiger partial charge in [-0.15, -0.1) is 0 Å². The Morgan fingerprint density at radius 3 is 2.50 bits per heavy atom. The minimum absolute atomic E-state index is 0.124. The van der Waals surface area contributed by atoms with Crippen molar-refractivity contribution in [2.75, 3.05) is 7.05 Å². The molecular formula is C12H18ClN. The van der Waals surface area contributed by atoms with Crippen LogP contribution in [0.5, 0.6) is 0 Å². The quantitative estimate of drug-likeness (QED) is 0.810. The molecule has 1 N–H and O–H groups in total. The van der Waals surface area contributed by atoms with Gasteiger partial charge in [-0.2, -0.15) is 0 Å². The second-order valence-electron chi connectivity index (χ2n) is 4.39. The Morgan fingerprint density at radius 2 is 2.00 bits per heavy atom. The molecule has 0 unspecified atom stereocenters. The van der Waals surface area contributed by atoms with Crippen molar-refractivity contribution in [2.24, 2.45) is 0 Å². The Morgan fingerprint density at radius 1 is 1.36 bits per heavy atom. The molecule has 0 saturated carbocycles. The number of hydrogen-bond donors (Lipinski definition) is 1. The molecule has 1 nitrogen and oxygen atoms in total. The maximum atomic E-state index is 6.07. The maximum Gasteiger partial charge on any atom is 0.0437 e. The summed E-state index contributed by atoms with van der Waals surface area (Å²) in [6.45, 7) is 6.39. The highest BCUT2D eigenvalue weighted by Gasteiger charge is 2.15. The first-order valence-corrected chi connectivity index (χ1v) is 5.26. The van der Waals surface area contributed by atoms with Gasteiger partial charge in [0.15, 0.2) is 0 Å². The van der Waals surface area contributed by atoms with E-state index in [1.165, 1.54) is 5.56 Å². The molecule has 1 rings (SSSR count). The van der Waals surface area contributed by atoms with Crippen LogP contribution in [0.2, 0.25) is 5.02 Å². The van der Waals surface area contributed by atoms with Crippen molar-refractivity contribution in [3.8, 4) is 0 Å². The van der Waals surface area contributed by atoms with Crippen molar-refractivity contribution in [1.29, 1.82) is 0 Å². The molecule has 0 spiro atoms. The highest BCUT2D eigenvalue weighted by atomic mass is 35.5. The summed E-state index contributed by atoms with van der Waals surface area (Å²) in [5, 5.41) is 4.14. The van der Waals surface area contributed by atoms with Crippen molar-refractivity contribution < 1.29 is 0 Å². The molecule has 0 aliphatic carbocycles. The summed E-state index contributed by atoms with van der Waals surface area (Å²) in [7, 11) is 1.98. The first kappa shape index (κ1) is 11.5. The second-order valence-corrected chi connectivity index (χ2v) is 4.80. The summed E-state index contributed by atoms with van der Waals surface area (Å²) in [6.07, 6.45) is 0.990. The van der Waals surface area contributed by atoms with E-state index in [4.69, 9.17) is 11.6 Å². The Balaban J connectivity index is 2.83. The lowest BCUT2D eigenvalue weighted by Crippen LogP contribution is -2.38. The fraction of sp³-hybridized carbons (Fsp3) is 0.500. The Hall–Kier alpha value is -0.530. The van der Waals surface area contributed by atoms with Crippen molar-refractivity contribution in [3.05, 3.63) is 34.3 Å². The van der Waals surface area contributed by atoms with Crippen molar-refractivity contribution in [1.82, 2.24) is 5.32 Å². The molecule has 0 atom stereocenters. The molecule has 0 aliphatic heterocycles. The van der Waals surface area contributed by atoms with Crippen molar-refractivity contribution in [3.63, 3.8) is 0 Å². The number of halogens is 1. The first-order chi connectivity index (χ1) is 6.44. The fourth-order valence-electron chi connectivity index (χ4n) is 1.35. The number of rotatable bonds is 3. The van der Waals surface area contributed by atoms with Crippen molar-refractivity contribution >= 4 is 11.6 Å². The van der Waals surface area contributed by atoms with Crippen LogP contribution in [0.25, 0.3) is 0 Å². The van der Waals surface area contributed by atoms with Crippen LogP contribution in [-0.2, 0) is 6.42 Å². The zero-order chi connectivity index (χ0) is 10.8. The molecule has 2 heteroatoms. The van der Waals surface area contributed by atoms with E-state index in [2.05, 4.69) is 37.4 Å². The van der Waals surface area contributed by atoms with Crippen LogP contribution in [0.3, 0.4) is 0 Å². The van der Waals surface area contributed by atoms with Crippen LogP contribution in [0.4, 0.5) is 0 Å². The average molecular weight is 212 g/mol. The predicted octanol–water partition coefficient (Wildman–Crippen LogP) is 3.19. The topological polar surface area (TPSA) is 12.0 Å². The van der Waals surface area contributed by atoms with Crippen LogP contribution >= 0.6 is 11.6 Å². The molecule has 0 saturated heterocycles. The van der Waals surface area contributed by atoms with E-state index in [0.717, 1.165) is 17.0 Å². The van der Waals surface area contributed by atoms with E-state index in [-0.39, 0.29) is 5.54 Å². The van der Waals surface area contributed by atoms with Gasteiger partial charge in [-0.25, -0.2) is 0 Å². The van der Waals surface area contributed by atoms with Gasteiger partial charge in [0.1, 0.15) is 0 Å². The number of nitrogens with one attached hydrogen (secondary N) is 1. The van der Waals surface area contributed by atoms with Crippen LogP contribution in [0.15, 0.2) is 18.2 Å². The fourth-order valence-corrected chi connectivity index (χ4v) is 1.55. The average Bonchev–Trinajstić information content (AvgIpc) is 2.11. The van der Waals surface area contributed by atoms with Gasteiger partial charge < -0.3 is 5.32 Å². The van der Waals surface area contributed by atoms with Crippen LogP contribution in [0.1, 0.15) is 25.0 Å². The SMILES string of the molecule is CNC(C)(C)Cc1ccc(C)c(Cl)c1. The van der Waals surface area contributed by atoms with Gasteiger partial charge in [0.05, 0.1) is 0 Å². The third-order valence-corrected chi connectivity index (χ3v) is 2.97. The van der Waals surface area contributed by atoms with E-state index >= 15 is 0 Å². The molecule has 1 aromatic rings. The summed E-state index contributed by atoms with van der Waals surface area (Å²) >= 11 is 6.07. The van der Waals surface area contributed by atoms with E-state index in [1.54, 1.807) is 0 Å². The molecule has 1 aromatic carbocycles. The lowest BCUT2D eigenvalue weighted by atomic mass is 9.95. The molecule has 14 heavy (non-hydrogen) atoms. The standard InChI is InChI=1S/C12H18ClN/c1-9-5-6-10(7-11(9)13)8-12(2,3)14-4/h5-7,14H,8H2,1-4H3. The third kappa shape index (κ3) is 3.00. The van der Waals surface area contributed by atoms with Gasteiger partial charge in [0.25, 0.3) is 0 Å². The van der Waals surface area contributed by atoms with E-state index in [1.807, 2.05) is 14.0 Å². The van der Waals surface area contributed by atoms with Gasteiger partial charge in [0, 0.05) is 10.6 Å². The largest absolute Gasteiger partial charge is 0.314 e. The van der Waals surface area contributed by atoms with Crippen LogP contribution < -0.4 is 5.32 Å². The van der Waals surface area contributed by atoms with Gasteiger partial charge in [0.2, 0.25) is 0 Å². The summed E-state index contributed by atoms with van der Waals surface area (Å²) in [6, 6.07) is 6.26. The maximum absolute atomic E-state index is 6.07. The van der Waals surface area contributed by atoms with E-state index in [9.17, 15) is 0 Å². The lowest BCUT2D eigenvalue weighted by Gasteiger charge is -2.24. The molecule has 0 aliphatic rings. The van der Waals surface area contributed by atoms with E-state index < -0.39 is 0 Å². The third-order valence-electron chi connectivity index (χ3n) is 2.56. The summed E-state index contributed by atoms with van der Waals surface area (Å²) in [5.41, 5.74) is 2.54. The smallest absolute Gasteiger partial charge is 0.0437 e. The number of likely N-dealkylation sites (N-methyl/N-ethyl adjacent to an activating group) is 1. The normalized spacial score (nSPS) is 11.8. The molecule has 0 amide bonds. The van der Waals surface area contributed by atoms with Gasteiger partial charge in [-0.05, 0) is 51.4 Å². The highest BCUT2D eigenvalue weighted by molar-refractivity contribution is 6.31. The molecule has 0 aromatic heterocycles. The molecule has 78 valence electrons. The predicted molar refractivity (Wildman–Crippen MR) is 63.0 cm³/mol. The molecule has 0 fully saturated rings. The molecule has 0 radical (unpaired) electrons. The zero-order valence-electron chi connectivity index (χ0n) is 9.32. The number of benzene rings is 1. The Kier molecular flexibility index (Phi) is 3.57. The number of hydrogen-bond acceptors (Lipinski definition) is 1. The monoisotopic (exact) mass is 211 g/mol. The summed E-state index contributed by atoms with van der Waals surface area (Å²) < 4.78 is 0. The first-order valence-electron chi connectivity index (χ1n) is 4.88. The van der Waals surface area contributed by atoms with Crippen LogP contribution in [-0.4, -0.2) is 12.6 Å². The Labute approximate surface area is 91.5 Å². The zero-order valence-corrected chi connectivity index (χ0v) is 10.1. The van der Waals surface area contributed by atoms with Crippen molar-refractivity contribution in [2.45, 2.75) is 32.7 Å². The Bertz CT molecular complexity index is 318. The van der Waals surface area contributed by atoms with Gasteiger partial charge >= 0.3 is 0 Å². The van der Waals surface area contributed by atoms with E-state index in [0.29, 0.717) is 0 Å². The lowest BCUT2D eigenvalue weighted by molar-refractivity contribution is 0.422. The molecule has 0 bridgehead atoms. The van der Waals surface area contributed by atoms with Crippen LogP contribution in [0, 0.1) is 6.92 Å². The highest BCUT2D eigenvalue weighted by Crippen LogP contribution is 2.19. The minimum atomic E-state index is 0.124. The minimum Gasteiger partial charge on any atom is -0.314 e. The summed E-state index contributed by atoms with van der Waals surface area (Å²) in [4.78, 5) is 0. The summed E-state index contributed by atoms with van der Waals surface area (Å²) in [5.74, 6) is 0. The molecule has 0 heterocycles. The second kappa shape index (κ2) is 4.33. The number of aryl methyl sites for hydroxylation is 1. The molecular weight excluding hydrogens is 194 g/mol. The van der Waals surface area contributed by atoms with Gasteiger partial charge in [-0.3, -0.25) is 0 Å².